The predicted octanol–water partition coefficient (Wildman–Crippen LogP) is 4.60. The Balaban J connectivity index is 1.19. The number of hydrogen-bond donors (Lipinski definition) is 3. The van der Waals surface area contributed by atoms with Gasteiger partial charge >= 0.3 is 12.1 Å². The van der Waals surface area contributed by atoms with Gasteiger partial charge in [0.2, 0.25) is 5.91 Å². The lowest BCUT2D eigenvalue weighted by Gasteiger charge is -2.42. The minimum absolute atomic E-state index is 0.0203. The van der Waals surface area contributed by atoms with Crippen molar-refractivity contribution in [3.05, 3.63) is 59.7 Å². The van der Waals surface area contributed by atoms with Gasteiger partial charge in [0.05, 0.1) is 11.5 Å². The van der Waals surface area contributed by atoms with Crippen LogP contribution in [0.1, 0.15) is 68.4 Å². The molecule has 2 atom stereocenters. The van der Waals surface area contributed by atoms with Gasteiger partial charge < -0.3 is 20.5 Å². The Morgan fingerprint density at radius 1 is 0.914 bits per heavy atom. The normalized spacial score (nSPS) is 22.3. The molecule has 3 aliphatic carbocycles. The van der Waals surface area contributed by atoms with Crippen molar-refractivity contribution < 1.29 is 24.2 Å². The molecule has 2 amide bonds. The zero-order valence-electron chi connectivity index (χ0n) is 19.8. The van der Waals surface area contributed by atoms with Crippen LogP contribution in [0.2, 0.25) is 0 Å². The molecule has 3 aliphatic rings. The number of aliphatic carboxylic acids is 1. The van der Waals surface area contributed by atoms with Gasteiger partial charge in [0.1, 0.15) is 6.61 Å². The first-order chi connectivity index (χ1) is 17.0. The first-order valence-corrected chi connectivity index (χ1v) is 12.6. The van der Waals surface area contributed by atoms with Gasteiger partial charge in [-0.1, -0.05) is 61.4 Å². The lowest BCUT2D eigenvalue weighted by molar-refractivity contribution is -0.144. The molecule has 0 spiro atoms. The maximum absolute atomic E-state index is 12.8. The maximum atomic E-state index is 12.8. The van der Waals surface area contributed by atoms with Crippen LogP contribution in [0.5, 0.6) is 0 Å². The number of hydrogen-bond acceptors (Lipinski definition) is 4. The molecule has 2 aromatic rings. The summed E-state index contributed by atoms with van der Waals surface area (Å²) in [6.07, 6.45) is 5.02. The molecule has 7 nitrogen and oxygen atoms in total. The molecule has 2 saturated carbocycles. The Morgan fingerprint density at radius 2 is 1.54 bits per heavy atom. The third-order valence-corrected chi connectivity index (χ3v) is 7.95. The van der Waals surface area contributed by atoms with E-state index in [1.54, 1.807) is 0 Å². The average molecular weight is 477 g/mol. The van der Waals surface area contributed by atoms with E-state index in [9.17, 15) is 19.5 Å². The van der Waals surface area contributed by atoms with Crippen molar-refractivity contribution in [3.63, 3.8) is 0 Å². The van der Waals surface area contributed by atoms with Crippen LogP contribution in [0.25, 0.3) is 11.1 Å². The van der Waals surface area contributed by atoms with E-state index in [1.165, 1.54) is 11.1 Å². The van der Waals surface area contributed by atoms with E-state index in [4.69, 9.17) is 4.74 Å². The molecule has 0 aliphatic heterocycles. The summed E-state index contributed by atoms with van der Waals surface area (Å²) in [5.74, 6) is -1.62. The molecule has 0 unspecified atom stereocenters. The summed E-state index contributed by atoms with van der Waals surface area (Å²) >= 11 is 0. The fourth-order valence-electron chi connectivity index (χ4n) is 5.96. The fraction of sp³-hybridized carbons (Fsp3) is 0.464. The van der Waals surface area contributed by atoms with Gasteiger partial charge in [-0.05, 0) is 54.4 Å². The third kappa shape index (κ3) is 4.77. The molecular weight excluding hydrogens is 444 g/mol. The van der Waals surface area contributed by atoms with Crippen molar-refractivity contribution in [3.8, 4) is 11.1 Å². The number of carboxylic acid groups (broad SMARTS) is 1. The highest BCUT2D eigenvalue weighted by molar-refractivity contribution is 5.81. The highest BCUT2D eigenvalue weighted by atomic mass is 16.5. The Bertz CT molecular complexity index is 1080. The SMILES string of the molecule is O=C(CC1(NC(=O)OCC2c3ccccc3-c3ccccc32)CCC1)N[C@@H]1CCCC[C@@H]1C(=O)O. The van der Waals surface area contributed by atoms with Gasteiger partial charge in [-0.3, -0.25) is 9.59 Å². The van der Waals surface area contributed by atoms with Crippen molar-refractivity contribution >= 4 is 18.0 Å². The number of carboxylic acids is 1. The summed E-state index contributed by atoms with van der Waals surface area (Å²) in [5.41, 5.74) is 4.03. The second kappa shape index (κ2) is 9.72. The van der Waals surface area contributed by atoms with E-state index in [2.05, 4.69) is 34.9 Å². The summed E-state index contributed by atoms with van der Waals surface area (Å²) in [4.78, 5) is 37.2. The third-order valence-electron chi connectivity index (χ3n) is 7.95. The molecule has 0 bridgehead atoms. The van der Waals surface area contributed by atoms with Gasteiger partial charge in [0, 0.05) is 18.4 Å². The monoisotopic (exact) mass is 476 g/mol. The van der Waals surface area contributed by atoms with E-state index in [0.29, 0.717) is 25.7 Å². The summed E-state index contributed by atoms with van der Waals surface area (Å²) < 4.78 is 5.69. The Morgan fingerprint density at radius 3 is 2.14 bits per heavy atom. The summed E-state index contributed by atoms with van der Waals surface area (Å²) in [6, 6.07) is 16.0. The molecular formula is C28H32N2O5. The molecule has 2 aromatic carbocycles. The molecule has 7 heteroatoms. The van der Waals surface area contributed by atoms with Crippen LogP contribution in [0.3, 0.4) is 0 Å². The van der Waals surface area contributed by atoms with Gasteiger partial charge in [-0.25, -0.2) is 4.79 Å². The molecule has 2 fully saturated rings. The maximum Gasteiger partial charge on any atom is 0.407 e. The van der Waals surface area contributed by atoms with Crippen molar-refractivity contribution in [2.75, 3.05) is 6.61 Å². The molecule has 5 rings (SSSR count). The number of benzene rings is 2. The number of amides is 2. The summed E-state index contributed by atoms with van der Waals surface area (Å²) in [6.45, 7) is 0.227. The number of carbonyl (C=O) groups excluding carboxylic acids is 2. The molecule has 35 heavy (non-hydrogen) atoms. The van der Waals surface area contributed by atoms with Crippen LogP contribution in [0, 0.1) is 5.92 Å². The molecule has 0 heterocycles. The van der Waals surface area contributed by atoms with Crippen LogP contribution in [0.15, 0.2) is 48.5 Å². The molecule has 0 aromatic heterocycles. The van der Waals surface area contributed by atoms with Crippen LogP contribution in [-0.2, 0) is 14.3 Å². The van der Waals surface area contributed by atoms with Crippen LogP contribution in [-0.4, -0.2) is 41.3 Å². The number of fused-ring (bicyclic) bond motifs is 3. The number of alkyl carbamates (subject to hydrolysis) is 1. The lowest BCUT2D eigenvalue weighted by Crippen LogP contribution is -2.57. The van der Waals surface area contributed by atoms with Crippen molar-refractivity contribution in [2.24, 2.45) is 5.92 Å². The molecule has 184 valence electrons. The van der Waals surface area contributed by atoms with Crippen LogP contribution >= 0.6 is 0 Å². The Kier molecular flexibility index (Phi) is 6.50. The minimum Gasteiger partial charge on any atom is -0.481 e. The van der Waals surface area contributed by atoms with Crippen LogP contribution in [0.4, 0.5) is 4.79 Å². The zero-order chi connectivity index (χ0) is 24.4. The quantitative estimate of drug-likeness (QED) is 0.542. The smallest absolute Gasteiger partial charge is 0.407 e. The zero-order valence-corrected chi connectivity index (χ0v) is 19.8. The fourth-order valence-corrected chi connectivity index (χ4v) is 5.96. The highest BCUT2D eigenvalue weighted by Gasteiger charge is 2.42. The molecule has 3 N–H and O–H groups in total. The van der Waals surface area contributed by atoms with Gasteiger partial charge in [0.15, 0.2) is 0 Å². The van der Waals surface area contributed by atoms with Gasteiger partial charge in [-0.2, -0.15) is 0 Å². The van der Waals surface area contributed by atoms with Crippen LogP contribution < -0.4 is 10.6 Å². The number of ether oxygens (including phenoxy) is 1. The number of nitrogens with one attached hydrogen (secondary N) is 2. The summed E-state index contributed by atoms with van der Waals surface area (Å²) in [5, 5.41) is 15.4. The first kappa shape index (κ1) is 23.4. The number of rotatable bonds is 7. The van der Waals surface area contributed by atoms with E-state index in [0.717, 1.165) is 30.4 Å². The second-order valence-electron chi connectivity index (χ2n) is 10.2. The molecule has 0 radical (unpaired) electrons. The van der Waals surface area contributed by atoms with Crippen molar-refractivity contribution in [1.29, 1.82) is 0 Å². The van der Waals surface area contributed by atoms with E-state index in [-0.39, 0.29) is 30.9 Å². The van der Waals surface area contributed by atoms with E-state index < -0.39 is 23.5 Å². The summed E-state index contributed by atoms with van der Waals surface area (Å²) in [7, 11) is 0. The van der Waals surface area contributed by atoms with Gasteiger partial charge in [0.25, 0.3) is 0 Å². The Labute approximate surface area is 205 Å². The average Bonchev–Trinajstić information content (AvgIpc) is 3.15. The van der Waals surface area contributed by atoms with Crippen molar-refractivity contribution in [1.82, 2.24) is 10.6 Å². The van der Waals surface area contributed by atoms with Crippen molar-refractivity contribution in [2.45, 2.75) is 68.9 Å². The number of carbonyl (C=O) groups is 3. The Hall–Kier alpha value is -3.35. The second-order valence-corrected chi connectivity index (χ2v) is 10.2. The van der Waals surface area contributed by atoms with E-state index >= 15 is 0 Å². The highest BCUT2D eigenvalue weighted by Crippen LogP contribution is 2.44. The topological polar surface area (TPSA) is 105 Å². The minimum atomic E-state index is -0.856. The van der Waals surface area contributed by atoms with Gasteiger partial charge in [-0.15, -0.1) is 0 Å². The largest absolute Gasteiger partial charge is 0.481 e. The molecule has 0 saturated heterocycles. The first-order valence-electron chi connectivity index (χ1n) is 12.6. The predicted molar refractivity (Wildman–Crippen MR) is 131 cm³/mol. The van der Waals surface area contributed by atoms with E-state index in [1.807, 2.05) is 24.3 Å². The standard InChI is InChI=1S/C28H32N2O5/c31-25(29-24-13-6-5-12-22(24)26(32)33)16-28(14-7-15-28)30-27(34)35-17-23-20-10-3-1-8-18(20)19-9-2-4-11-21(19)23/h1-4,8-11,22-24H,5-7,12-17H2,(H,29,31)(H,30,34)(H,32,33)/t22-,24+/m0/s1. The lowest BCUT2D eigenvalue weighted by atomic mass is 9.74.